The lowest BCUT2D eigenvalue weighted by atomic mass is 9.94. The molecule has 1 aromatic rings. The summed E-state index contributed by atoms with van der Waals surface area (Å²) in [6, 6.07) is -0.757. The van der Waals surface area contributed by atoms with E-state index in [1.807, 2.05) is 0 Å². The van der Waals surface area contributed by atoms with Gasteiger partial charge >= 0.3 is 5.97 Å². The molecule has 1 saturated heterocycles. The maximum atomic E-state index is 12.2. The molecule has 2 heterocycles. The number of rotatable bonds is 5. The number of carboxylic acid groups (broad SMARTS) is 1. The van der Waals surface area contributed by atoms with Crippen molar-refractivity contribution in [3.05, 3.63) is 18.0 Å². The van der Waals surface area contributed by atoms with E-state index in [1.54, 1.807) is 35.9 Å². The molecule has 2 rings (SSSR count). The number of carbonyl (C=O) groups excluding carboxylic acids is 1. The smallest absolute Gasteiger partial charge is 0.329 e. The Kier molecular flexibility index (Phi) is 3.78. The Morgan fingerprint density at radius 1 is 1.60 bits per heavy atom. The Hall–Kier alpha value is -1.93. The molecule has 8 heteroatoms. The molecule has 1 unspecified atom stereocenters. The molecule has 1 atom stereocenters. The van der Waals surface area contributed by atoms with Crippen LogP contribution in [-0.2, 0) is 21.4 Å². The van der Waals surface area contributed by atoms with E-state index < -0.39 is 17.6 Å². The van der Waals surface area contributed by atoms with Crippen LogP contribution in [0.3, 0.4) is 0 Å². The average Bonchev–Trinajstić information content (AvgIpc) is 2.78. The normalized spacial score (nSPS) is 18.4. The topological polar surface area (TPSA) is 111 Å². The highest BCUT2D eigenvalue weighted by molar-refractivity contribution is 5.84. The van der Waals surface area contributed by atoms with Gasteiger partial charge in [-0.05, 0) is 6.92 Å². The summed E-state index contributed by atoms with van der Waals surface area (Å²) < 4.78 is 6.83. The minimum absolute atomic E-state index is 0.214. The van der Waals surface area contributed by atoms with Gasteiger partial charge in [0, 0.05) is 18.8 Å². The molecule has 1 fully saturated rings. The summed E-state index contributed by atoms with van der Waals surface area (Å²) >= 11 is 0. The average molecular weight is 282 g/mol. The Balaban J connectivity index is 1.88. The largest absolute Gasteiger partial charge is 0.480 e. The molecule has 110 valence electrons. The molecule has 8 nitrogen and oxygen atoms in total. The van der Waals surface area contributed by atoms with E-state index in [0.717, 1.165) is 0 Å². The summed E-state index contributed by atoms with van der Waals surface area (Å²) in [5.41, 5.74) is 5.94. The minimum atomic E-state index is -1.02. The number of aliphatic carboxylic acids is 1. The summed E-state index contributed by atoms with van der Waals surface area (Å²) in [5, 5.41) is 12.6. The molecule has 0 aromatic carbocycles. The van der Waals surface area contributed by atoms with E-state index in [9.17, 15) is 9.59 Å². The van der Waals surface area contributed by atoms with E-state index in [-0.39, 0.29) is 12.5 Å². The predicted molar refractivity (Wildman–Crippen MR) is 68.7 cm³/mol. The Morgan fingerprint density at radius 2 is 2.25 bits per heavy atom. The molecule has 0 saturated carbocycles. The van der Waals surface area contributed by atoms with E-state index in [4.69, 9.17) is 15.6 Å². The van der Waals surface area contributed by atoms with Gasteiger partial charge in [0.05, 0.1) is 19.3 Å². The first-order chi connectivity index (χ1) is 9.31. The van der Waals surface area contributed by atoms with Crippen molar-refractivity contribution in [3.63, 3.8) is 0 Å². The molecule has 3 N–H and O–H groups in total. The molecule has 0 aliphatic carbocycles. The van der Waals surface area contributed by atoms with Gasteiger partial charge in [-0.2, -0.15) is 5.10 Å². The fraction of sp³-hybridized carbons (Fsp3) is 0.583. The fourth-order valence-electron chi connectivity index (χ4n) is 2.18. The van der Waals surface area contributed by atoms with Crippen LogP contribution in [0.1, 0.15) is 18.5 Å². The quantitative estimate of drug-likeness (QED) is 0.725. The summed E-state index contributed by atoms with van der Waals surface area (Å²) in [6.07, 6.45) is 3.25. The van der Waals surface area contributed by atoms with E-state index in [0.29, 0.717) is 18.7 Å². The van der Waals surface area contributed by atoms with Gasteiger partial charge in [-0.25, -0.2) is 4.79 Å². The van der Waals surface area contributed by atoms with Crippen molar-refractivity contribution in [2.75, 3.05) is 19.7 Å². The van der Waals surface area contributed by atoms with Crippen molar-refractivity contribution in [1.82, 2.24) is 14.7 Å². The number of ether oxygens (including phenoxy) is 1. The minimum Gasteiger partial charge on any atom is -0.480 e. The Labute approximate surface area is 116 Å². The summed E-state index contributed by atoms with van der Waals surface area (Å²) in [5.74, 6) is -1.24. The van der Waals surface area contributed by atoms with Crippen LogP contribution in [0.25, 0.3) is 0 Å². The summed E-state index contributed by atoms with van der Waals surface area (Å²) in [6.45, 7) is 2.09. The summed E-state index contributed by atoms with van der Waals surface area (Å²) in [7, 11) is 1.75. The van der Waals surface area contributed by atoms with Crippen LogP contribution in [0, 0.1) is 0 Å². The van der Waals surface area contributed by atoms with Crippen molar-refractivity contribution in [1.29, 1.82) is 0 Å². The zero-order chi connectivity index (χ0) is 14.9. The maximum Gasteiger partial charge on any atom is 0.329 e. The molecule has 0 radical (unpaired) electrons. The first-order valence-corrected chi connectivity index (χ1v) is 6.19. The van der Waals surface area contributed by atoms with Gasteiger partial charge in [0.1, 0.15) is 18.2 Å². The molecule has 1 aromatic heterocycles. The third kappa shape index (κ3) is 2.97. The first-order valence-electron chi connectivity index (χ1n) is 6.19. The lowest BCUT2D eigenvalue weighted by Crippen LogP contribution is -2.64. The van der Waals surface area contributed by atoms with Gasteiger partial charge in [0.25, 0.3) is 0 Å². The highest BCUT2D eigenvalue weighted by Gasteiger charge is 2.44. The summed E-state index contributed by atoms with van der Waals surface area (Å²) in [4.78, 5) is 24.2. The van der Waals surface area contributed by atoms with Crippen LogP contribution in [0.2, 0.25) is 0 Å². The molecule has 0 bridgehead atoms. The highest BCUT2D eigenvalue weighted by atomic mass is 16.5. The number of hydrogen-bond donors (Lipinski definition) is 2. The second-order valence-electron chi connectivity index (χ2n) is 5.25. The molecule has 1 aliphatic rings. The molecular weight excluding hydrogens is 264 g/mol. The van der Waals surface area contributed by atoms with E-state index >= 15 is 0 Å². The maximum absolute atomic E-state index is 12.2. The van der Waals surface area contributed by atoms with Crippen molar-refractivity contribution in [3.8, 4) is 0 Å². The SMILES string of the molecule is Cn1cc(C(N)C(=O)N2CC(C)(OCC(=O)O)C2)cn1. The van der Waals surface area contributed by atoms with Crippen LogP contribution in [0.15, 0.2) is 12.4 Å². The Morgan fingerprint density at radius 3 is 2.75 bits per heavy atom. The van der Waals surface area contributed by atoms with Crippen molar-refractivity contribution in [2.24, 2.45) is 12.8 Å². The fourth-order valence-corrected chi connectivity index (χ4v) is 2.18. The lowest BCUT2D eigenvalue weighted by Gasteiger charge is -2.47. The highest BCUT2D eigenvalue weighted by Crippen LogP contribution is 2.27. The zero-order valence-corrected chi connectivity index (χ0v) is 11.4. The van der Waals surface area contributed by atoms with Gasteiger partial charge < -0.3 is 20.5 Å². The zero-order valence-electron chi connectivity index (χ0n) is 11.4. The van der Waals surface area contributed by atoms with Crippen LogP contribution < -0.4 is 5.73 Å². The Bertz CT molecular complexity index is 521. The molecular formula is C12H18N4O4. The molecule has 1 aliphatic heterocycles. The number of hydrogen-bond acceptors (Lipinski definition) is 5. The van der Waals surface area contributed by atoms with E-state index in [1.165, 1.54) is 0 Å². The molecule has 1 amide bonds. The second kappa shape index (κ2) is 5.22. The number of aryl methyl sites for hydroxylation is 1. The molecule has 0 spiro atoms. The van der Waals surface area contributed by atoms with Crippen molar-refractivity contribution >= 4 is 11.9 Å². The standard InChI is InChI=1S/C12H18N4O4/c1-12(20-5-9(17)18)6-16(7-12)11(19)10(13)8-3-14-15(2)4-8/h3-4,10H,5-7,13H2,1-2H3,(H,17,18). The lowest BCUT2D eigenvalue weighted by molar-refractivity contribution is -0.174. The number of carbonyl (C=O) groups is 2. The first kappa shape index (κ1) is 14.5. The van der Waals surface area contributed by atoms with E-state index in [2.05, 4.69) is 5.10 Å². The third-order valence-electron chi connectivity index (χ3n) is 3.26. The predicted octanol–water partition coefficient (Wildman–Crippen LogP) is -0.878. The van der Waals surface area contributed by atoms with Crippen molar-refractivity contribution < 1.29 is 19.4 Å². The van der Waals surface area contributed by atoms with Crippen LogP contribution >= 0.6 is 0 Å². The number of carboxylic acids is 1. The molecule has 20 heavy (non-hydrogen) atoms. The number of amides is 1. The van der Waals surface area contributed by atoms with Crippen LogP contribution in [0.5, 0.6) is 0 Å². The van der Waals surface area contributed by atoms with Gasteiger partial charge in [-0.15, -0.1) is 0 Å². The van der Waals surface area contributed by atoms with Gasteiger partial charge in [-0.1, -0.05) is 0 Å². The van der Waals surface area contributed by atoms with Gasteiger partial charge in [0.15, 0.2) is 0 Å². The van der Waals surface area contributed by atoms with Crippen LogP contribution in [-0.4, -0.2) is 57.0 Å². The number of likely N-dealkylation sites (tertiary alicyclic amines) is 1. The monoisotopic (exact) mass is 282 g/mol. The number of nitrogens with zero attached hydrogens (tertiary/aromatic N) is 3. The van der Waals surface area contributed by atoms with Crippen LogP contribution in [0.4, 0.5) is 0 Å². The number of nitrogens with two attached hydrogens (primary N) is 1. The van der Waals surface area contributed by atoms with Gasteiger partial charge in [-0.3, -0.25) is 9.48 Å². The second-order valence-corrected chi connectivity index (χ2v) is 5.25. The van der Waals surface area contributed by atoms with Crippen molar-refractivity contribution in [2.45, 2.75) is 18.6 Å². The van der Waals surface area contributed by atoms with Gasteiger partial charge in [0.2, 0.25) is 5.91 Å². The number of aromatic nitrogens is 2. The third-order valence-corrected chi connectivity index (χ3v) is 3.26.